The largest absolute Gasteiger partial charge is 0.356 e. The summed E-state index contributed by atoms with van der Waals surface area (Å²) >= 11 is 0. The quantitative estimate of drug-likeness (QED) is 0.796. The second kappa shape index (κ2) is 11.3. The highest BCUT2D eigenvalue weighted by Crippen LogP contribution is 2.16. The van der Waals surface area contributed by atoms with Crippen LogP contribution in [0.5, 0.6) is 0 Å². The maximum Gasteiger partial charge on any atom is 0.253 e. The zero-order chi connectivity index (χ0) is 22.1. The highest BCUT2D eigenvalue weighted by molar-refractivity contribution is 5.94. The van der Waals surface area contributed by atoms with Crippen molar-refractivity contribution in [1.29, 1.82) is 0 Å². The fraction of sp³-hybridized carbons (Fsp3) is 0.400. The van der Waals surface area contributed by atoms with Gasteiger partial charge in [-0.25, -0.2) is 0 Å². The van der Waals surface area contributed by atoms with Crippen LogP contribution in [-0.2, 0) is 16.1 Å². The van der Waals surface area contributed by atoms with Gasteiger partial charge < -0.3 is 15.5 Å². The van der Waals surface area contributed by atoms with Gasteiger partial charge in [-0.3, -0.25) is 14.4 Å². The lowest BCUT2D eigenvalue weighted by atomic mass is 9.97. The second-order valence-corrected chi connectivity index (χ2v) is 8.09. The van der Waals surface area contributed by atoms with Crippen LogP contribution < -0.4 is 10.6 Å². The molecule has 0 saturated carbocycles. The third-order valence-corrected chi connectivity index (χ3v) is 5.64. The van der Waals surface area contributed by atoms with E-state index < -0.39 is 0 Å². The minimum absolute atomic E-state index is 0.00564. The minimum atomic E-state index is -0.196. The third kappa shape index (κ3) is 6.95. The fourth-order valence-corrected chi connectivity index (χ4v) is 3.85. The molecule has 1 aliphatic heterocycles. The van der Waals surface area contributed by atoms with Crippen molar-refractivity contribution in [2.75, 3.05) is 19.6 Å². The van der Waals surface area contributed by atoms with Gasteiger partial charge in [-0.15, -0.1) is 0 Å². The zero-order valence-electron chi connectivity index (χ0n) is 18.1. The SMILES string of the molecule is Cc1cccc(C(=O)N2CCCC(C(=O)NCc3ccccc3)CCNC(=O)CC2)c1. The third-order valence-electron chi connectivity index (χ3n) is 5.64. The molecule has 6 nitrogen and oxygen atoms in total. The summed E-state index contributed by atoms with van der Waals surface area (Å²) in [6.45, 7) is 3.82. The summed E-state index contributed by atoms with van der Waals surface area (Å²) in [6.07, 6.45) is 2.25. The maximum atomic E-state index is 13.0. The molecule has 1 aliphatic rings. The Morgan fingerprint density at radius 2 is 1.87 bits per heavy atom. The lowest BCUT2D eigenvalue weighted by Crippen LogP contribution is -2.35. The highest BCUT2D eigenvalue weighted by Gasteiger charge is 2.22. The Bertz CT molecular complexity index is 898. The second-order valence-electron chi connectivity index (χ2n) is 8.09. The standard InChI is InChI=1S/C25H31N3O3/c1-19-7-5-10-22(17-19)25(31)28-15-6-11-21(12-14-26-23(29)13-16-28)24(30)27-18-20-8-3-2-4-9-20/h2-5,7-10,17,21H,6,11-16,18H2,1H3,(H,26,29)(H,27,30). The summed E-state index contributed by atoms with van der Waals surface area (Å²) in [4.78, 5) is 39.7. The molecule has 0 aliphatic carbocycles. The fourth-order valence-electron chi connectivity index (χ4n) is 3.85. The normalized spacial score (nSPS) is 17.9. The number of carbonyl (C=O) groups excluding carboxylic acids is 3. The smallest absolute Gasteiger partial charge is 0.253 e. The summed E-state index contributed by atoms with van der Waals surface area (Å²) < 4.78 is 0. The Balaban J connectivity index is 1.62. The van der Waals surface area contributed by atoms with E-state index in [4.69, 9.17) is 0 Å². The molecule has 31 heavy (non-hydrogen) atoms. The number of amides is 3. The van der Waals surface area contributed by atoms with E-state index >= 15 is 0 Å². The summed E-state index contributed by atoms with van der Waals surface area (Å²) in [5.74, 6) is -0.361. The van der Waals surface area contributed by atoms with E-state index in [0.717, 1.165) is 17.5 Å². The lowest BCUT2D eigenvalue weighted by Gasteiger charge is -2.23. The Labute approximate surface area is 184 Å². The van der Waals surface area contributed by atoms with Crippen molar-refractivity contribution in [2.45, 2.75) is 39.2 Å². The van der Waals surface area contributed by atoms with E-state index in [1.54, 1.807) is 11.0 Å². The van der Waals surface area contributed by atoms with Crippen LogP contribution in [0.2, 0.25) is 0 Å². The molecule has 0 aromatic heterocycles. The Hall–Kier alpha value is -3.15. The van der Waals surface area contributed by atoms with E-state index in [2.05, 4.69) is 10.6 Å². The molecule has 2 N–H and O–H groups in total. The molecule has 2 aromatic carbocycles. The first-order chi connectivity index (χ1) is 15.0. The maximum absolute atomic E-state index is 13.0. The summed E-state index contributed by atoms with van der Waals surface area (Å²) in [7, 11) is 0. The number of rotatable bonds is 4. The van der Waals surface area contributed by atoms with Crippen molar-refractivity contribution in [3.63, 3.8) is 0 Å². The molecule has 2 aromatic rings. The summed E-state index contributed by atoms with van der Waals surface area (Å²) in [5.41, 5.74) is 2.71. The van der Waals surface area contributed by atoms with Crippen LogP contribution in [0.15, 0.2) is 54.6 Å². The highest BCUT2D eigenvalue weighted by atomic mass is 16.2. The summed E-state index contributed by atoms with van der Waals surface area (Å²) in [5, 5.41) is 5.90. The van der Waals surface area contributed by atoms with Crippen LogP contribution in [0, 0.1) is 12.8 Å². The van der Waals surface area contributed by atoms with Crippen molar-refractivity contribution in [3.8, 4) is 0 Å². The average Bonchev–Trinajstić information content (AvgIpc) is 2.82. The predicted molar refractivity (Wildman–Crippen MR) is 120 cm³/mol. The first-order valence-corrected chi connectivity index (χ1v) is 11.0. The first kappa shape index (κ1) is 22.5. The molecule has 3 amide bonds. The monoisotopic (exact) mass is 421 g/mol. The van der Waals surface area contributed by atoms with Gasteiger partial charge in [-0.2, -0.15) is 0 Å². The molecule has 6 heteroatoms. The molecule has 1 saturated heterocycles. The average molecular weight is 422 g/mol. The van der Waals surface area contributed by atoms with Crippen molar-refractivity contribution >= 4 is 17.7 Å². The van der Waals surface area contributed by atoms with Crippen LogP contribution in [-0.4, -0.2) is 42.3 Å². The Morgan fingerprint density at radius 1 is 1.06 bits per heavy atom. The first-order valence-electron chi connectivity index (χ1n) is 11.0. The van der Waals surface area contributed by atoms with Crippen molar-refractivity contribution in [1.82, 2.24) is 15.5 Å². The predicted octanol–water partition coefficient (Wildman–Crippen LogP) is 3.06. The molecule has 1 atom stereocenters. The van der Waals surface area contributed by atoms with Gasteiger partial charge in [0.05, 0.1) is 0 Å². The molecular formula is C25H31N3O3. The molecule has 1 fully saturated rings. The molecular weight excluding hydrogens is 390 g/mol. The number of hydrogen-bond donors (Lipinski definition) is 2. The molecule has 1 unspecified atom stereocenters. The number of benzene rings is 2. The van der Waals surface area contributed by atoms with Crippen molar-refractivity contribution < 1.29 is 14.4 Å². The van der Waals surface area contributed by atoms with Crippen LogP contribution in [0.4, 0.5) is 0 Å². The van der Waals surface area contributed by atoms with Gasteiger partial charge >= 0.3 is 0 Å². The van der Waals surface area contributed by atoms with Gasteiger partial charge in [0.25, 0.3) is 5.91 Å². The van der Waals surface area contributed by atoms with Crippen LogP contribution in [0.3, 0.4) is 0 Å². The molecule has 0 bridgehead atoms. The van der Waals surface area contributed by atoms with E-state index in [9.17, 15) is 14.4 Å². The number of aryl methyl sites for hydroxylation is 1. The molecule has 1 heterocycles. The number of hydrogen-bond acceptors (Lipinski definition) is 3. The van der Waals surface area contributed by atoms with E-state index in [1.165, 1.54) is 0 Å². The molecule has 0 radical (unpaired) electrons. The van der Waals surface area contributed by atoms with Crippen LogP contribution >= 0.6 is 0 Å². The Morgan fingerprint density at radius 3 is 2.65 bits per heavy atom. The number of nitrogens with zero attached hydrogens (tertiary/aromatic N) is 1. The van der Waals surface area contributed by atoms with Gasteiger partial charge in [-0.1, -0.05) is 48.0 Å². The molecule has 3 rings (SSSR count). The van der Waals surface area contributed by atoms with E-state index in [-0.39, 0.29) is 30.1 Å². The number of carbonyl (C=O) groups is 3. The van der Waals surface area contributed by atoms with Crippen molar-refractivity contribution in [3.05, 3.63) is 71.3 Å². The summed E-state index contributed by atoms with van der Waals surface area (Å²) in [6, 6.07) is 17.3. The van der Waals surface area contributed by atoms with Gasteiger partial charge in [0, 0.05) is 44.1 Å². The van der Waals surface area contributed by atoms with Gasteiger partial charge in [0.15, 0.2) is 0 Å². The van der Waals surface area contributed by atoms with E-state index in [0.29, 0.717) is 44.6 Å². The van der Waals surface area contributed by atoms with Gasteiger partial charge in [-0.05, 0) is 43.9 Å². The Kier molecular flexibility index (Phi) is 8.21. The van der Waals surface area contributed by atoms with Crippen molar-refractivity contribution in [2.24, 2.45) is 5.92 Å². The zero-order valence-corrected chi connectivity index (χ0v) is 18.1. The molecule has 0 spiro atoms. The van der Waals surface area contributed by atoms with Crippen LogP contribution in [0.25, 0.3) is 0 Å². The van der Waals surface area contributed by atoms with Gasteiger partial charge in [0.1, 0.15) is 0 Å². The number of nitrogens with one attached hydrogen (secondary N) is 2. The van der Waals surface area contributed by atoms with Gasteiger partial charge in [0.2, 0.25) is 11.8 Å². The minimum Gasteiger partial charge on any atom is -0.356 e. The van der Waals surface area contributed by atoms with Crippen LogP contribution in [0.1, 0.15) is 47.2 Å². The lowest BCUT2D eigenvalue weighted by molar-refractivity contribution is -0.126. The van der Waals surface area contributed by atoms with E-state index in [1.807, 2.05) is 55.5 Å². The topological polar surface area (TPSA) is 78.5 Å². The molecule has 164 valence electrons.